The molecule has 2 aromatic carbocycles. The van der Waals surface area contributed by atoms with Crippen LogP contribution in [0.1, 0.15) is 51.2 Å². The van der Waals surface area contributed by atoms with Gasteiger partial charge in [0.25, 0.3) is 0 Å². The minimum Gasteiger partial charge on any atom is -0.455 e. The fourth-order valence-corrected chi connectivity index (χ4v) is 7.87. The molecule has 3 aliphatic rings. The monoisotopic (exact) mass is 684 g/mol. The van der Waals surface area contributed by atoms with Crippen LogP contribution >= 0.6 is 0 Å². The van der Waals surface area contributed by atoms with Crippen LogP contribution in [0.3, 0.4) is 0 Å². The van der Waals surface area contributed by atoms with E-state index in [4.69, 9.17) is 9.47 Å². The number of hydrogen-bond donors (Lipinski definition) is 2. The number of likely N-dealkylation sites (tertiary alicyclic amines) is 1. The number of esters is 1. The summed E-state index contributed by atoms with van der Waals surface area (Å²) in [5.41, 5.74) is 0.761. The molecular formula is C37H44N6O7. The summed E-state index contributed by atoms with van der Waals surface area (Å²) in [5, 5.41) is 21.7. The lowest BCUT2D eigenvalue weighted by Crippen LogP contribution is -2.58. The number of carbonyl (C=O) groups excluding carboxylic acids is 4. The number of aliphatic hydroxyl groups excluding tert-OH is 1. The molecule has 2 N–H and O–H groups in total. The van der Waals surface area contributed by atoms with Gasteiger partial charge in [0.2, 0.25) is 17.7 Å². The van der Waals surface area contributed by atoms with Crippen molar-refractivity contribution in [3.63, 3.8) is 0 Å². The Labute approximate surface area is 290 Å². The number of nitrogens with one attached hydrogen (secondary N) is 1. The Morgan fingerprint density at radius 3 is 2.60 bits per heavy atom. The summed E-state index contributed by atoms with van der Waals surface area (Å²) in [5.74, 6) is -3.71. The Bertz CT molecular complexity index is 1760. The highest BCUT2D eigenvalue weighted by Crippen LogP contribution is 2.59. The molecule has 1 spiro atoms. The van der Waals surface area contributed by atoms with Crippen molar-refractivity contribution in [2.45, 2.75) is 82.1 Å². The van der Waals surface area contributed by atoms with Crippen LogP contribution in [0.2, 0.25) is 0 Å². The molecule has 3 fully saturated rings. The Morgan fingerprint density at radius 1 is 1.14 bits per heavy atom. The molecule has 13 heteroatoms. The quantitative estimate of drug-likeness (QED) is 0.182. The lowest BCUT2D eigenvalue weighted by Gasteiger charge is -2.38. The van der Waals surface area contributed by atoms with E-state index in [1.807, 2.05) is 54.6 Å². The number of nitrogens with zero attached hydrogens (tertiary/aromatic N) is 5. The van der Waals surface area contributed by atoms with Gasteiger partial charge in [-0.15, -0.1) is 18.3 Å². The highest BCUT2D eigenvalue weighted by atomic mass is 16.6. The van der Waals surface area contributed by atoms with Crippen molar-refractivity contribution in [3.8, 4) is 0 Å². The fraction of sp³-hybridized carbons (Fsp3) is 0.459. The third-order valence-corrected chi connectivity index (χ3v) is 10.2. The van der Waals surface area contributed by atoms with Crippen LogP contribution in [0.5, 0.6) is 0 Å². The second-order valence-electron chi connectivity index (χ2n) is 13.4. The van der Waals surface area contributed by atoms with Gasteiger partial charge >= 0.3 is 5.97 Å². The van der Waals surface area contributed by atoms with Gasteiger partial charge in [0.15, 0.2) is 0 Å². The Morgan fingerprint density at radius 2 is 1.88 bits per heavy atom. The number of ether oxygens (including phenoxy) is 2. The average Bonchev–Trinajstić information content (AvgIpc) is 3.88. The van der Waals surface area contributed by atoms with E-state index in [9.17, 15) is 24.3 Å². The second-order valence-corrected chi connectivity index (χ2v) is 13.4. The zero-order chi connectivity index (χ0) is 35.6. The topological polar surface area (TPSA) is 156 Å². The molecule has 4 heterocycles. The molecule has 8 atom stereocenters. The SMILES string of the molecule is C=CCCC(=O)N[C@H](C)[C@@H](OC(=O)[C@@H]1[C@@H]2CC[C@]3(O2)[C@H](C(=O)N(CC=C)Cn2nnc4ccccc42)N([C@H](C)CO)C(=O)[C@@H]13)c1ccccc1. The molecule has 2 bridgehead atoms. The van der Waals surface area contributed by atoms with Gasteiger partial charge in [0.05, 0.1) is 42.1 Å². The van der Waals surface area contributed by atoms with Gasteiger partial charge in [-0.3, -0.25) is 19.2 Å². The van der Waals surface area contributed by atoms with Gasteiger partial charge in [-0.2, -0.15) is 0 Å². The number of aromatic nitrogens is 3. The Balaban J connectivity index is 1.30. The third kappa shape index (κ3) is 6.20. The van der Waals surface area contributed by atoms with Gasteiger partial charge in [0.1, 0.15) is 29.9 Å². The highest BCUT2D eigenvalue weighted by Gasteiger charge is 2.75. The molecular weight excluding hydrogens is 640 g/mol. The zero-order valence-corrected chi connectivity index (χ0v) is 28.4. The average molecular weight is 685 g/mol. The van der Waals surface area contributed by atoms with Gasteiger partial charge in [-0.05, 0) is 50.8 Å². The summed E-state index contributed by atoms with van der Waals surface area (Å²) in [6.07, 6.45) is 3.30. The standard InChI is InChI=1S/C37H44N6O7/c1-5-7-17-29(45)38-24(4)32(25-13-9-8-10-14-25)49-36(48)30-28-18-19-37(50-28)31(30)34(46)43(23(3)21-44)33(37)35(47)41(20-6-2)22-42-27-16-12-11-15-26(27)39-40-42/h5-6,8-16,23-24,28,30-33,44H,1-2,7,17-22H2,3-4H3,(H,38,45)/t23-,24-,28+,30-,31-,32-,33+,37-/m1/s1. The minimum absolute atomic E-state index is 0.0300. The Kier molecular flexibility index (Phi) is 10.2. The number of fused-ring (bicyclic) bond motifs is 2. The van der Waals surface area contributed by atoms with Crippen LogP contribution in [-0.4, -0.2) is 96.6 Å². The van der Waals surface area contributed by atoms with Gasteiger partial charge < -0.3 is 29.7 Å². The van der Waals surface area contributed by atoms with Gasteiger partial charge in [-0.1, -0.05) is 59.8 Å². The van der Waals surface area contributed by atoms with Crippen LogP contribution in [0.4, 0.5) is 0 Å². The van der Waals surface area contributed by atoms with E-state index in [0.29, 0.717) is 30.3 Å². The predicted molar refractivity (Wildman–Crippen MR) is 183 cm³/mol. The molecule has 0 saturated carbocycles. The number of benzene rings is 2. The summed E-state index contributed by atoms with van der Waals surface area (Å²) in [6.45, 7) is 10.7. The first-order valence-corrected chi connectivity index (χ1v) is 17.1. The van der Waals surface area contributed by atoms with Crippen molar-refractivity contribution >= 4 is 34.7 Å². The number of amides is 3. The lowest BCUT2D eigenvalue weighted by molar-refractivity contribution is -0.162. The molecule has 3 amide bonds. The minimum atomic E-state index is -1.32. The second kappa shape index (κ2) is 14.5. The first kappa shape index (κ1) is 35.0. The van der Waals surface area contributed by atoms with E-state index in [1.54, 1.807) is 30.7 Å². The van der Waals surface area contributed by atoms with Crippen molar-refractivity contribution in [3.05, 3.63) is 85.5 Å². The molecule has 264 valence electrons. The van der Waals surface area contributed by atoms with E-state index in [1.165, 1.54) is 9.80 Å². The lowest BCUT2D eigenvalue weighted by atomic mass is 9.70. The van der Waals surface area contributed by atoms with E-state index < -0.39 is 72.2 Å². The fourth-order valence-electron chi connectivity index (χ4n) is 7.87. The van der Waals surface area contributed by atoms with Crippen LogP contribution in [0.15, 0.2) is 79.9 Å². The van der Waals surface area contributed by atoms with Crippen molar-refractivity contribution in [2.24, 2.45) is 11.8 Å². The molecule has 3 aliphatic heterocycles. The summed E-state index contributed by atoms with van der Waals surface area (Å²) in [7, 11) is 0. The van der Waals surface area contributed by atoms with E-state index in [-0.39, 0.29) is 25.5 Å². The van der Waals surface area contributed by atoms with Crippen LogP contribution in [0, 0.1) is 11.8 Å². The molecule has 0 radical (unpaired) electrons. The smallest absolute Gasteiger partial charge is 0.313 e. The molecule has 3 aromatic rings. The first-order valence-electron chi connectivity index (χ1n) is 17.1. The van der Waals surface area contributed by atoms with Crippen LogP contribution < -0.4 is 5.32 Å². The Hall–Kier alpha value is -4.88. The molecule has 0 unspecified atom stereocenters. The maximum absolute atomic E-state index is 14.7. The number of allylic oxidation sites excluding steroid dienone is 1. The summed E-state index contributed by atoms with van der Waals surface area (Å²) in [4.78, 5) is 59.0. The molecule has 50 heavy (non-hydrogen) atoms. The van der Waals surface area contributed by atoms with E-state index >= 15 is 0 Å². The van der Waals surface area contributed by atoms with Crippen LogP contribution in [-0.2, 0) is 35.3 Å². The maximum Gasteiger partial charge on any atom is 0.313 e. The normalized spacial score (nSPS) is 25.5. The summed E-state index contributed by atoms with van der Waals surface area (Å²) >= 11 is 0. The summed E-state index contributed by atoms with van der Waals surface area (Å²) in [6, 6.07) is 14.1. The summed E-state index contributed by atoms with van der Waals surface area (Å²) < 4.78 is 14.4. The maximum atomic E-state index is 14.7. The molecule has 0 aliphatic carbocycles. The van der Waals surface area contributed by atoms with E-state index in [2.05, 4.69) is 28.8 Å². The number of para-hydroxylation sites is 1. The zero-order valence-electron chi connectivity index (χ0n) is 28.4. The van der Waals surface area contributed by atoms with Crippen molar-refractivity contribution in [2.75, 3.05) is 13.2 Å². The molecule has 13 nitrogen and oxygen atoms in total. The largest absolute Gasteiger partial charge is 0.455 e. The highest BCUT2D eigenvalue weighted by molar-refractivity contribution is 5.98. The van der Waals surface area contributed by atoms with Crippen molar-refractivity contribution in [1.82, 2.24) is 30.1 Å². The number of aliphatic hydroxyl groups is 1. The van der Waals surface area contributed by atoms with Crippen molar-refractivity contribution in [1.29, 1.82) is 0 Å². The van der Waals surface area contributed by atoms with Gasteiger partial charge in [-0.25, -0.2) is 4.68 Å². The molecule has 6 rings (SSSR count). The predicted octanol–water partition coefficient (Wildman–Crippen LogP) is 2.91. The van der Waals surface area contributed by atoms with E-state index in [0.717, 1.165) is 5.52 Å². The third-order valence-electron chi connectivity index (χ3n) is 10.2. The number of hydrogen-bond acceptors (Lipinski definition) is 9. The molecule has 1 aromatic heterocycles. The number of carbonyl (C=O) groups is 4. The number of rotatable bonds is 15. The van der Waals surface area contributed by atoms with Crippen molar-refractivity contribution < 1.29 is 33.8 Å². The van der Waals surface area contributed by atoms with Gasteiger partial charge in [0, 0.05) is 13.0 Å². The first-order chi connectivity index (χ1) is 24.1. The van der Waals surface area contributed by atoms with Crippen LogP contribution in [0.25, 0.3) is 11.0 Å². The molecule has 3 saturated heterocycles.